The van der Waals surface area contributed by atoms with Gasteiger partial charge in [0.1, 0.15) is 12.1 Å². The third kappa shape index (κ3) is 6.36. The van der Waals surface area contributed by atoms with Gasteiger partial charge in [0.15, 0.2) is 16.9 Å². The monoisotopic (exact) mass is 603 g/mol. The minimum atomic E-state index is -0.584. The summed E-state index contributed by atoms with van der Waals surface area (Å²) in [4.78, 5) is 54.2. The van der Waals surface area contributed by atoms with Crippen LogP contribution in [0.1, 0.15) is 27.0 Å². The molecule has 0 spiro atoms. The molecule has 4 aromatic rings. The lowest BCUT2D eigenvalue weighted by atomic mass is 10.1. The Balaban J connectivity index is 1.46. The number of nitro benzene ring substituents is 1. The summed E-state index contributed by atoms with van der Waals surface area (Å²) < 4.78 is 16.5. The van der Waals surface area contributed by atoms with Gasteiger partial charge in [-0.05, 0) is 48.9 Å². The number of nitrogens with zero attached hydrogens (tertiary/aromatic N) is 3. The van der Waals surface area contributed by atoms with E-state index in [1.807, 2.05) is 0 Å². The van der Waals surface area contributed by atoms with E-state index < -0.39 is 16.7 Å². The van der Waals surface area contributed by atoms with Gasteiger partial charge < -0.3 is 23.7 Å². The smallest absolute Gasteiger partial charge is 0.273 e. The molecule has 220 valence electrons. The van der Waals surface area contributed by atoms with E-state index in [-0.39, 0.29) is 60.6 Å². The van der Waals surface area contributed by atoms with Crippen LogP contribution >= 0.6 is 11.6 Å². The van der Waals surface area contributed by atoms with Crippen molar-refractivity contribution in [1.82, 2.24) is 9.80 Å². The van der Waals surface area contributed by atoms with Gasteiger partial charge in [-0.15, -0.1) is 6.58 Å². The van der Waals surface area contributed by atoms with E-state index in [2.05, 4.69) is 6.58 Å². The number of rotatable bonds is 10. The minimum Gasteiger partial charge on any atom is -0.464 e. The zero-order chi connectivity index (χ0) is 30.7. The number of benzene rings is 3. The van der Waals surface area contributed by atoms with Crippen LogP contribution in [0, 0.1) is 17.0 Å². The second-order valence-electron chi connectivity index (χ2n) is 9.90. The zero-order valence-corrected chi connectivity index (χ0v) is 23.8. The molecule has 1 aliphatic heterocycles. The minimum absolute atomic E-state index is 0.000718. The number of amides is 2. The molecule has 0 radical (unpaired) electrons. The molecule has 1 aliphatic rings. The molecular weight excluding hydrogens is 578 g/mol. The summed E-state index contributed by atoms with van der Waals surface area (Å²) >= 11 is 6.11. The van der Waals surface area contributed by atoms with Crippen LogP contribution in [0.4, 0.5) is 5.69 Å². The Morgan fingerprint density at radius 1 is 1.05 bits per heavy atom. The average Bonchev–Trinajstić information content (AvgIpc) is 3.46. The number of hydrogen-bond donors (Lipinski definition) is 0. The number of carbonyl (C=O) groups excluding carboxylic acids is 2. The van der Waals surface area contributed by atoms with Crippen LogP contribution in [0.15, 0.2) is 82.7 Å². The Labute approximate surface area is 250 Å². The van der Waals surface area contributed by atoms with Crippen molar-refractivity contribution in [2.24, 2.45) is 0 Å². The molecule has 0 N–H and O–H groups in total. The van der Waals surface area contributed by atoms with Gasteiger partial charge in [-0.1, -0.05) is 29.8 Å². The first-order valence-electron chi connectivity index (χ1n) is 13.2. The molecule has 1 aromatic heterocycles. The van der Waals surface area contributed by atoms with E-state index in [1.54, 1.807) is 37.3 Å². The summed E-state index contributed by atoms with van der Waals surface area (Å²) in [5, 5.41) is 12.1. The number of nitro groups is 1. The molecule has 3 aromatic carbocycles. The highest BCUT2D eigenvalue weighted by Crippen LogP contribution is 2.33. The largest absolute Gasteiger partial charge is 0.464 e. The summed E-state index contributed by atoms with van der Waals surface area (Å²) in [5.74, 6) is 0.0251. The van der Waals surface area contributed by atoms with Crippen LogP contribution in [0.3, 0.4) is 0 Å². The van der Waals surface area contributed by atoms with Crippen molar-refractivity contribution in [3.63, 3.8) is 0 Å². The fraction of sp³-hybridized carbons (Fsp3) is 0.194. The van der Waals surface area contributed by atoms with Crippen molar-refractivity contribution in [1.29, 1.82) is 0 Å². The highest BCUT2D eigenvalue weighted by molar-refractivity contribution is 6.31. The van der Waals surface area contributed by atoms with Gasteiger partial charge in [0.25, 0.3) is 11.6 Å². The molecule has 2 amide bonds. The van der Waals surface area contributed by atoms with E-state index in [4.69, 9.17) is 25.5 Å². The van der Waals surface area contributed by atoms with Crippen molar-refractivity contribution < 1.29 is 28.4 Å². The molecule has 0 saturated heterocycles. The van der Waals surface area contributed by atoms with Crippen LogP contribution in [0.5, 0.6) is 11.5 Å². The Morgan fingerprint density at radius 2 is 1.84 bits per heavy atom. The number of fused-ring (bicyclic) bond motifs is 2. The van der Waals surface area contributed by atoms with Gasteiger partial charge in [0, 0.05) is 35.3 Å². The first-order valence-corrected chi connectivity index (χ1v) is 13.5. The van der Waals surface area contributed by atoms with Crippen LogP contribution in [-0.4, -0.2) is 46.4 Å². The molecule has 12 heteroatoms. The second kappa shape index (κ2) is 12.4. The molecule has 5 rings (SSSR count). The second-order valence-corrected chi connectivity index (χ2v) is 10.3. The van der Waals surface area contributed by atoms with Crippen molar-refractivity contribution >= 4 is 40.1 Å². The predicted molar refractivity (Wildman–Crippen MR) is 158 cm³/mol. The number of carbonyl (C=O) groups is 2. The zero-order valence-electron chi connectivity index (χ0n) is 23.1. The standard InChI is InChI=1S/C31H26ClN3O8/c1-3-10-33(31(38)21-6-4-19(2)25(12-21)35(39)40)16-29(36)34(14-20-5-8-27-28(11-20)43-18-42-27)15-22-17-41-26-9-7-23(32)13-24(26)30(22)37/h3-9,11-13,17H,1,10,14-16,18H2,2H3. The number of aryl methyl sites for hydroxylation is 1. The third-order valence-corrected chi connectivity index (χ3v) is 7.18. The quantitative estimate of drug-likeness (QED) is 0.136. The summed E-state index contributed by atoms with van der Waals surface area (Å²) in [6.45, 7) is 4.88. The molecule has 0 saturated carbocycles. The Bertz CT molecular complexity index is 1820. The predicted octanol–water partition coefficient (Wildman–Crippen LogP) is 5.25. The van der Waals surface area contributed by atoms with Crippen LogP contribution in [0.2, 0.25) is 5.02 Å². The molecular formula is C31H26ClN3O8. The average molecular weight is 604 g/mol. The van der Waals surface area contributed by atoms with Crippen LogP contribution < -0.4 is 14.9 Å². The fourth-order valence-corrected chi connectivity index (χ4v) is 4.88. The molecule has 0 atom stereocenters. The molecule has 0 unspecified atom stereocenters. The van der Waals surface area contributed by atoms with Crippen molar-refractivity contribution in [2.75, 3.05) is 19.9 Å². The maximum absolute atomic E-state index is 13.8. The third-order valence-electron chi connectivity index (χ3n) is 6.95. The summed E-state index contributed by atoms with van der Waals surface area (Å²) in [7, 11) is 0. The maximum atomic E-state index is 13.8. The summed E-state index contributed by atoms with van der Waals surface area (Å²) in [6, 6.07) is 14.1. The Kier molecular flexibility index (Phi) is 8.44. The fourth-order valence-electron chi connectivity index (χ4n) is 4.71. The lowest BCUT2D eigenvalue weighted by Gasteiger charge is -2.27. The first kappa shape index (κ1) is 29.3. The number of halogens is 1. The maximum Gasteiger partial charge on any atom is 0.273 e. The van der Waals surface area contributed by atoms with E-state index in [0.29, 0.717) is 33.2 Å². The Hall–Kier alpha value is -5.16. The van der Waals surface area contributed by atoms with E-state index in [1.165, 1.54) is 46.4 Å². The normalized spacial score (nSPS) is 11.8. The topological polar surface area (TPSA) is 132 Å². The number of ether oxygens (including phenoxy) is 2. The molecule has 0 fully saturated rings. The molecule has 2 heterocycles. The van der Waals surface area contributed by atoms with E-state index >= 15 is 0 Å². The van der Waals surface area contributed by atoms with E-state index in [9.17, 15) is 24.5 Å². The SMILES string of the molecule is C=CCN(CC(=O)N(Cc1ccc2c(c1)OCO2)Cc1coc2ccc(Cl)cc2c1=O)C(=O)c1ccc(C)c([N+](=O)[O-])c1. The van der Waals surface area contributed by atoms with Gasteiger partial charge in [-0.2, -0.15) is 0 Å². The summed E-state index contributed by atoms with van der Waals surface area (Å²) in [6.07, 6.45) is 2.76. The van der Waals surface area contributed by atoms with Gasteiger partial charge in [-0.25, -0.2) is 0 Å². The van der Waals surface area contributed by atoms with Gasteiger partial charge in [0.05, 0.1) is 28.7 Å². The molecule has 0 aliphatic carbocycles. The van der Waals surface area contributed by atoms with E-state index in [0.717, 1.165) is 0 Å². The summed E-state index contributed by atoms with van der Waals surface area (Å²) in [5.41, 5.74) is 1.16. The van der Waals surface area contributed by atoms with Crippen molar-refractivity contribution in [3.8, 4) is 11.5 Å². The first-order chi connectivity index (χ1) is 20.6. The van der Waals surface area contributed by atoms with Crippen LogP contribution in [0.25, 0.3) is 11.0 Å². The lowest BCUT2D eigenvalue weighted by molar-refractivity contribution is -0.385. The molecule has 43 heavy (non-hydrogen) atoms. The van der Waals surface area contributed by atoms with Gasteiger partial charge >= 0.3 is 0 Å². The highest BCUT2D eigenvalue weighted by atomic mass is 35.5. The lowest BCUT2D eigenvalue weighted by Crippen LogP contribution is -2.43. The van der Waals surface area contributed by atoms with Crippen LogP contribution in [-0.2, 0) is 17.9 Å². The van der Waals surface area contributed by atoms with Gasteiger partial charge in [0.2, 0.25) is 12.7 Å². The molecule has 0 bridgehead atoms. The van der Waals surface area contributed by atoms with Gasteiger partial charge in [-0.3, -0.25) is 24.5 Å². The number of hydrogen-bond acceptors (Lipinski definition) is 8. The molecule has 11 nitrogen and oxygen atoms in total. The highest BCUT2D eigenvalue weighted by Gasteiger charge is 2.25. The van der Waals surface area contributed by atoms with Crippen molar-refractivity contribution in [2.45, 2.75) is 20.0 Å². The Morgan fingerprint density at radius 3 is 2.60 bits per heavy atom. The van der Waals surface area contributed by atoms with Crippen molar-refractivity contribution in [3.05, 3.63) is 121 Å².